The zero-order valence-electron chi connectivity index (χ0n) is 16.2. The van der Waals surface area contributed by atoms with Crippen LogP contribution in [0.4, 0.5) is 0 Å². The van der Waals surface area contributed by atoms with E-state index in [0.717, 1.165) is 23.3 Å². The summed E-state index contributed by atoms with van der Waals surface area (Å²) in [5.41, 5.74) is 5.31. The molecule has 1 heterocycles. The molecule has 5 heteroatoms. The van der Waals surface area contributed by atoms with E-state index in [4.69, 9.17) is 14.2 Å². The van der Waals surface area contributed by atoms with E-state index < -0.39 is 14.2 Å². The normalized spacial score (nSPS) is 20.0. The highest BCUT2D eigenvalue weighted by Gasteiger charge is 2.40. The van der Waals surface area contributed by atoms with Crippen LogP contribution in [-0.4, -0.2) is 45.2 Å². The van der Waals surface area contributed by atoms with Gasteiger partial charge in [-0.3, -0.25) is 0 Å². The maximum absolute atomic E-state index is 9.97. The summed E-state index contributed by atoms with van der Waals surface area (Å²) >= 11 is 0. The van der Waals surface area contributed by atoms with Gasteiger partial charge in [-0.25, -0.2) is 0 Å². The lowest BCUT2D eigenvalue weighted by Crippen LogP contribution is -2.18. The van der Waals surface area contributed by atoms with Gasteiger partial charge in [0.25, 0.3) is 0 Å². The van der Waals surface area contributed by atoms with Crippen LogP contribution in [0.3, 0.4) is 0 Å². The largest absolute Gasteiger partial charge is 0.497 e. The van der Waals surface area contributed by atoms with E-state index in [2.05, 4.69) is 37.7 Å². The highest BCUT2D eigenvalue weighted by Crippen LogP contribution is 2.31. The van der Waals surface area contributed by atoms with Gasteiger partial charge < -0.3 is 19.3 Å². The average Bonchev–Trinajstić information content (AvgIpc) is 3.37. The second kappa shape index (κ2) is 9.38. The number of hydrogen-bond donors (Lipinski definition) is 1. The molecule has 0 bridgehead atoms. The minimum Gasteiger partial charge on any atom is -0.497 e. The molecule has 1 N–H and O–H groups in total. The van der Waals surface area contributed by atoms with Gasteiger partial charge in [-0.05, 0) is 36.1 Å². The Morgan fingerprint density at radius 3 is 2.62 bits per heavy atom. The molecular formula is C21H30O4Si. The molecule has 1 fully saturated rings. The fourth-order valence-electron chi connectivity index (χ4n) is 2.48. The van der Waals surface area contributed by atoms with Crippen molar-refractivity contribution in [2.75, 3.05) is 13.7 Å². The third-order valence-corrected chi connectivity index (χ3v) is 4.94. The zero-order valence-corrected chi connectivity index (χ0v) is 17.2. The molecule has 142 valence electrons. The lowest BCUT2D eigenvalue weighted by Gasteiger charge is -2.07. The highest BCUT2D eigenvalue weighted by atomic mass is 28.3. The van der Waals surface area contributed by atoms with Crippen LogP contribution in [0, 0.1) is 11.5 Å². The quantitative estimate of drug-likeness (QED) is 0.311. The number of rotatable bonds is 9. The summed E-state index contributed by atoms with van der Waals surface area (Å²) in [4.78, 5) is 0. The second-order valence-electron chi connectivity index (χ2n) is 7.69. The van der Waals surface area contributed by atoms with Gasteiger partial charge in [0.2, 0.25) is 0 Å². The first-order valence-corrected chi connectivity index (χ1v) is 12.5. The van der Waals surface area contributed by atoms with Gasteiger partial charge in [0.15, 0.2) is 0 Å². The first-order chi connectivity index (χ1) is 12.3. The van der Waals surface area contributed by atoms with Crippen LogP contribution >= 0.6 is 0 Å². The summed E-state index contributed by atoms with van der Waals surface area (Å²) in [5.74, 6) is 3.80. The summed E-state index contributed by atoms with van der Waals surface area (Å²) < 4.78 is 16.5. The maximum atomic E-state index is 9.97. The Morgan fingerprint density at radius 1 is 1.31 bits per heavy atom. The molecule has 0 aliphatic carbocycles. The monoisotopic (exact) mass is 374 g/mol. The number of aliphatic hydroxyl groups is 1. The topological polar surface area (TPSA) is 51.2 Å². The van der Waals surface area contributed by atoms with Crippen LogP contribution in [0.5, 0.6) is 5.75 Å². The van der Waals surface area contributed by atoms with E-state index in [1.165, 1.54) is 0 Å². The number of methoxy groups -OCH3 is 1. The fourth-order valence-corrected chi connectivity index (χ4v) is 3.08. The first kappa shape index (κ1) is 20.7. The summed E-state index contributed by atoms with van der Waals surface area (Å²) in [6.45, 7) is 11.7. The van der Waals surface area contributed by atoms with Crippen molar-refractivity contribution in [3.05, 3.63) is 42.0 Å². The Balaban J connectivity index is 1.63. The molecule has 1 aromatic carbocycles. The van der Waals surface area contributed by atoms with Crippen molar-refractivity contribution in [3.63, 3.8) is 0 Å². The lowest BCUT2D eigenvalue weighted by atomic mass is 10.0. The Hall–Kier alpha value is -1.58. The molecule has 0 amide bonds. The minimum absolute atomic E-state index is 0.0445. The molecule has 0 saturated carbocycles. The number of hydrogen-bond acceptors (Lipinski definition) is 4. The molecular weight excluding hydrogens is 344 g/mol. The lowest BCUT2D eigenvalue weighted by molar-refractivity contribution is 0.104. The minimum atomic E-state index is -1.44. The van der Waals surface area contributed by atoms with Crippen molar-refractivity contribution in [1.29, 1.82) is 0 Å². The molecule has 0 spiro atoms. The van der Waals surface area contributed by atoms with Crippen molar-refractivity contribution in [1.82, 2.24) is 0 Å². The zero-order chi connectivity index (χ0) is 19.2. The first-order valence-electron chi connectivity index (χ1n) is 9.03. The van der Waals surface area contributed by atoms with E-state index in [9.17, 15) is 5.11 Å². The summed E-state index contributed by atoms with van der Waals surface area (Å²) in [6, 6.07) is 7.83. The van der Waals surface area contributed by atoms with Gasteiger partial charge in [0.1, 0.15) is 32.1 Å². The molecule has 0 radical (unpaired) electrons. The van der Waals surface area contributed by atoms with Crippen molar-refractivity contribution in [2.45, 2.75) is 57.4 Å². The molecule has 3 atom stereocenters. The standard InChI is InChI=1S/C21H30O4Si/c1-16(6-9-18(22)12-13-26(3,4)5)21-20(25-21)15-24-14-17-7-10-19(23-2)11-8-17/h7-8,10-11,18,20-22H,1,6,9,14-15H2,2-5H3/t18-,20+,21-/m1/s1. The van der Waals surface area contributed by atoms with Crippen LogP contribution in [0.2, 0.25) is 19.6 Å². The molecule has 1 aromatic rings. The number of benzene rings is 1. The molecule has 26 heavy (non-hydrogen) atoms. The van der Waals surface area contributed by atoms with E-state index >= 15 is 0 Å². The molecule has 0 unspecified atom stereocenters. The van der Waals surface area contributed by atoms with Gasteiger partial charge in [-0.2, -0.15) is 0 Å². The molecule has 1 aliphatic heterocycles. The molecule has 1 aliphatic rings. The van der Waals surface area contributed by atoms with E-state index in [0.29, 0.717) is 19.6 Å². The van der Waals surface area contributed by atoms with Crippen molar-refractivity contribution in [3.8, 4) is 17.2 Å². The third kappa shape index (κ3) is 7.34. The number of epoxide rings is 1. The second-order valence-corrected chi connectivity index (χ2v) is 12.4. The SMILES string of the molecule is C=C(CC[C@@H](O)C#C[Si](C)(C)C)[C@H]1O[C@H]1COCc1ccc(OC)cc1. The predicted molar refractivity (Wildman–Crippen MR) is 107 cm³/mol. The number of ether oxygens (including phenoxy) is 3. The van der Waals surface area contributed by atoms with E-state index in [1.807, 2.05) is 24.3 Å². The predicted octanol–water partition coefficient (Wildman–Crippen LogP) is 3.56. The fraction of sp³-hybridized carbons (Fsp3) is 0.524. The third-order valence-electron chi connectivity index (χ3n) is 4.05. The van der Waals surface area contributed by atoms with Crippen LogP contribution in [0.15, 0.2) is 36.4 Å². The molecule has 2 rings (SSSR count). The van der Waals surface area contributed by atoms with Crippen LogP contribution in [0.1, 0.15) is 18.4 Å². The highest BCUT2D eigenvalue weighted by molar-refractivity contribution is 6.83. The average molecular weight is 375 g/mol. The Kier molecular flexibility index (Phi) is 7.48. The van der Waals surface area contributed by atoms with Gasteiger partial charge >= 0.3 is 0 Å². The van der Waals surface area contributed by atoms with Gasteiger partial charge in [-0.1, -0.05) is 44.3 Å². The van der Waals surface area contributed by atoms with Crippen molar-refractivity contribution in [2.24, 2.45) is 0 Å². The van der Waals surface area contributed by atoms with Crippen LogP contribution in [-0.2, 0) is 16.1 Å². The Labute approximate surface area is 158 Å². The summed E-state index contributed by atoms with van der Waals surface area (Å²) in [7, 11) is 0.217. The summed E-state index contributed by atoms with van der Waals surface area (Å²) in [5, 5.41) is 9.97. The number of aliphatic hydroxyl groups excluding tert-OH is 1. The smallest absolute Gasteiger partial charge is 0.129 e. The van der Waals surface area contributed by atoms with E-state index in [-0.39, 0.29) is 12.2 Å². The molecule has 1 saturated heterocycles. The molecule has 4 nitrogen and oxygen atoms in total. The Bertz CT molecular complexity index is 651. The van der Waals surface area contributed by atoms with Gasteiger partial charge in [0, 0.05) is 0 Å². The van der Waals surface area contributed by atoms with Crippen LogP contribution < -0.4 is 4.74 Å². The van der Waals surface area contributed by atoms with E-state index in [1.54, 1.807) is 7.11 Å². The van der Waals surface area contributed by atoms with Gasteiger partial charge in [-0.15, -0.1) is 5.54 Å². The van der Waals surface area contributed by atoms with Crippen LogP contribution in [0.25, 0.3) is 0 Å². The maximum Gasteiger partial charge on any atom is 0.129 e. The van der Waals surface area contributed by atoms with Crippen molar-refractivity contribution >= 4 is 8.07 Å². The van der Waals surface area contributed by atoms with Gasteiger partial charge in [0.05, 0.1) is 20.3 Å². The Morgan fingerprint density at radius 2 is 2.00 bits per heavy atom. The molecule has 0 aromatic heterocycles. The summed E-state index contributed by atoms with van der Waals surface area (Å²) in [6.07, 6.45) is 0.868. The van der Waals surface area contributed by atoms with Crippen molar-refractivity contribution < 1.29 is 19.3 Å².